The minimum atomic E-state index is 0.672. The molecule has 169 valence electrons. The third-order valence-electron chi connectivity index (χ3n) is 6.90. The molecule has 0 aliphatic rings. The second kappa shape index (κ2) is 21.7. The Balaban J connectivity index is 3.47. The average molecular weight is 394 g/mol. The SMILES string of the molecule is [CH2]C(CCC(C)CCCCCCCCCC)C(C)CCCCCCCCCC. The molecule has 0 aromatic carbocycles. The fourth-order valence-electron chi connectivity index (χ4n) is 4.39. The summed E-state index contributed by atoms with van der Waals surface area (Å²) < 4.78 is 0. The van der Waals surface area contributed by atoms with Gasteiger partial charge in [0.1, 0.15) is 0 Å². The summed E-state index contributed by atoms with van der Waals surface area (Å²) in [6, 6.07) is 0. The lowest BCUT2D eigenvalue weighted by atomic mass is 9.84. The third-order valence-corrected chi connectivity index (χ3v) is 6.90. The molecule has 0 bridgehead atoms. The van der Waals surface area contributed by atoms with Gasteiger partial charge in [0.2, 0.25) is 0 Å². The topological polar surface area (TPSA) is 0 Å². The van der Waals surface area contributed by atoms with Crippen molar-refractivity contribution in [2.75, 3.05) is 0 Å². The van der Waals surface area contributed by atoms with Crippen molar-refractivity contribution in [2.24, 2.45) is 17.8 Å². The monoisotopic (exact) mass is 393 g/mol. The molecule has 0 heterocycles. The second-order valence-electron chi connectivity index (χ2n) is 9.95. The van der Waals surface area contributed by atoms with Crippen molar-refractivity contribution in [3.8, 4) is 0 Å². The molecule has 28 heavy (non-hydrogen) atoms. The maximum atomic E-state index is 4.50. The molecule has 0 aliphatic heterocycles. The predicted molar refractivity (Wildman–Crippen MR) is 131 cm³/mol. The Labute approximate surface area is 181 Å². The number of hydrogen-bond donors (Lipinski definition) is 0. The minimum Gasteiger partial charge on any atom is -0.0654 e. The Morgan fingerprint density at radius 1 is 0.464 bits per heavy atom. The highest BCUT2D eigenvalue weighted by molar-refractivity contribution is 4.70. The van der Waals surface area contributed by atoms with E-state index < -0.39 is 0 Å². The molecule has 0 amide bonds. The van der Waals surface area contributed by atoms with E-state index in [2.05, 4.69) is 34.6 Å². The van der Waals surface area contributed by atoms with Crippen LogP contribution in [0.2, 0.25) is 0 Å². The highest BCUT2D eigenvalue weighted by atomic mass is 14.2. The van der Waals surface area contributed by atoms with Crippen LogP contribution in [0.1, 0.15) is 156 Å². The van der Waals surface area contributed by atoms with Crippen LogP contribution in [0.15, 0.2) is 0 Å². The molecule has 1 radical (unpaired) electrons. The Kier molecular flexibility index (Phi) is 21.7. The van der Waals surface area contributed by atoms with Crippen LogP contribution in [0.3, 0.4) is 0 Å². The first-order valence-corrected chi connectivity index (χ1v) is 13.4. The van der Waals surface area contributed by atoms with Crippen molar-refractivity contribution >= 4 is 0 Å². The fraction of sp³-hybridized carbons (Fsp3) is 0.964. The summed E-state index contributed by atoms with van der Waals surface area (Å²) >= 11 is 0. The highest BCUT2D eigenvalue weighted by Crippen LogP contribution is 2.26. The lowest BCUT2D eigenvalue weighted by Gasteiger charge is -2.21. The maximum Gasteiger partial charge on any atom is -0.0388 e. The lowest BCUT2D eigenvalue weighted by Crippen LogP contribution is -2.10. The summed E-state index contributed by atoms with van der Waals surface area (Å²) in [7, 11) is 0. The average Bonchev–Trinajstić information content (AvgIpc) is 2.69. The Morgan fingerprint density at radius 2 is 0.857 bits per heavy atom. The Bertz CT molecular complexity index is 282. The molecule has 0 rings (SSSR count). The molecular formula is C28H57. The zero-order chi connectivity index (χ0) is 20.9. The number of hydrogen-bond acceptors (Lipinski definition) is 0. The second-order valence-corrected chi connectivity index (χ2v) is 9.95. The third kappa shape index (κ3) is 19.3. The first-order valence-electron chi connectivity index (χ1n) is 13.4. The summed E-state index contributed by atoms with van der Waals surface area (Å²) in [4.78, 5) is 0. The van der Waals surface area contributed by atoms with E-state index in [9.17, 15) is 0 Å². The van der Waals surface area contributed by atoms with Gasteiger partial charge >= 0.3 is 0 Å². The van der Waals surface area contributed by atoms with Crippen LogP contribution < -0.4 is 0 Å². The van der Waals surface area contributed by atoms with Gasteiger partial charge in [-0.3, -0.25) is 0 Å². The van der Waals surface area contributed by atoms with Crippen molar-refractivity contribution in [1.29, 1.82) is 0 Å². The van der Waals surface area contributed by atoms with Crippen molar-refractivity contribution in [3.05, 3.63) is 6.92 Å². The minimum absolute atomic E-state index is 0.672. The van der Waals surface area contributed by atoms with Gasteiger partial charge in [-0.2, -0.15) is 0 Å². The van der Waals surface area contributed by atoms with Gasteiger partial charge < -0.3 is 0 Å². The van der Waals surface area contributed by atoms with Gasteiger partial charge in [0.15, 0.2) is 0 Å². The molecule has 0 aliphatic carbocycles. The van der Waals surface area contributed by atoms with E-state index in [4.69, 9.17) is 0 Å². The van der Waals surface area contributed by atoms with Crippen molar-refractivity contribution < 1.29 is 0 Å². The zero-order valence-electron chi connectivity index (χ0n) is 20.6. The molecule has 0 aromatic heterocycles. The van der Waals surface area contributed by atoms with E-state index in [1.807, 2.05) is 0 Å². The van der Waals surface area contributed by atoms with Crippen LogP contribution in [0, 0.1) is 24.7 Å². The van der Waals surface area contributed by atoms with Gasteiger partial charge in [0.05, 0.1) is 0 Å². The molecule has 0 heteroatoms. The van der Waals surface area contributed by atoms with Gasteiger partial charge in [0.25, 0.3) is 0 Å². The van der Waals surface area contributed by atoms with Crippen LogP contribution in [-0.4, -0.2) is 0 Å². The summed E-state index contributed by atoms with van der Waals surface area (Å²) in [6.45, 7) is 14.0. The standard InChI is InChI=1S/C28H57/c1-6-8-10-12-14-16-18-20-22-26(3)24-25-28(5)27(4)23-21-19-17-15-13-11-9-7-2/h26-28H,5-25H2,1-4H3. The maximum absolute atomic E-state index is 4.50. The van der Waals surface area contributed by atoms with Gasteiger partial charge in [0, 0.05) is 0 Å². The number of unbranched alkanes of at least 4 members (excludes halogenated alkanes) is 14. The largest absolute Gasteiger partial charge is 0.0654 e. The predicted octanol–water partition coefficient (Wildman–Crippen LogP) is 10.6. The molecule has 0 saturated heterocycles. The van der Waals surface area contributed by atoms with E-state index in [0.717, 1.165) is 11.8 Å². The summed E-state index contributed by atoms with van der Waals surface area (Å²) in [5, 5.41) is 0. The van der Waals surface area contributed by atoms with Gasteiger partial charge in [-0.05, 0) is 31.1 Å². The van der Waals surface area contributed by atoms with Gasteiger partial charge in [-0.15, -0.1) is 0 Å². The molecule has 0 aromatic rings. The van der Waals surface area contributed by atoms with E-state index in [1.54, 1.807) is 0 Å². The normalized spacial score (nSPS) is 14.9. The van der Waals surface area contributed by atoms with Crippen LogP contribution >= 0.6 is 0 Å². The molecule has 3 atom stereocenters. The van der Waals surface area contributed by atoms with Crippen molar-refractivity contribution in [2.45, 2.75) is 156 Å². The smallest absolute Gasteiger partial charge is 0.0388 e. The molecular weight excluding hydrogens is 336 g/mol. The van der Waals surface area contributed by atoms with Crippen molar-refractivity contribution in [1.82, 2.24) is 0 Å². The fourth-order valence-corrected chi connectivity index (χ4v) is 4.39. The summed E-state index contributed by atoms with van der Waals surface area (Å²) in [5.41, 5.74) is 0. The number of rotatable bonds is 22. The van der Waals surface area contributed by atoms with E-state index >= 15 is 0 Å². The Morgan fingerprint density at radius 3 is 1.32 bits per heavy atom. The molecule has 0 fully saturated rings. The summed E-state index contributed by atoms with van der Waals surface area (Å²) in [5.74, 6) is 2.39. The van der Waals surface area contributed by atoms with E-state index in [1.165, 1.54) is 128 Å². The quantitative estimate of drug-likeness (QED) is 0.160. The first-order chi connectivity index (χ1) is 13.6. The van der Waals surface area contributed by atoms with Gasteiger partial charge in [-0.25, -0.2) is 0 Å². The van der Waals surface area contributed by atoms with Crippen molar-refractivity contribution in [3.63, 3.8) is 0 Å². The van der Waals surface area contributed by atoms with Crippen LogP contribution in [0.5, 0.6) is 0 Å². The zero-order valence-corrected chi connectivity index (χ0v) is 20.6. The molecule has 0 spiro atoms. The Hall–Kier alpha value is 0. The molecule has 0 nitrogen and oxygen atoms in total. The van der Waals surface area contributed by atoms with Gasteiger partial charge in [-0.1, -0.05) is 150 Å². The lowest BCUT2D eigenvalue weighted by molar-refractivity contribution is 0.326. The summed E-state index contributed by atoms with van der Waals surface area (Å²) in [6.07, 6.45) is 28.6. The van der Waals surface area contributed by atoms with Crippen LogP contribution in [0.25, 0.3) is 0 Å². The first kappa shape index (κ1) is 28.0. The molecule has 0 N–H and O–H groups in total. The van der Waals surface area contributed by atoms with E-state index in [0.29, 0.717) is 5.92 Å². The van der Waals surface area contributed by atoms with Crippen LogP contribution in [0.4, 0.5) is 0 Å². The van der Waals surface area contributed by atoms with E-state index in [-0.39, 0.29) is 0 Å². The highest BCUT2D eigenvalue weighted by Gasteiger charge is 2.13. The molecule has 3 unspecified atom stereocenters. The molecule has 0 saturated carbocycles. The van der Waals surface area contributed by atoms with Crippen LogP contribution in [-0.2, 0) is 0 Å².